The summed E-state index contributed by atoms with van der Waals surface area (Å²) in [6.45, 7) is 6.17. The van der Waals surface area contributed by atoms with Crippen LogP contribution in [0.1, 0.15) is 40.8 Å². The molecular formula is C26H27NO2. The van der Waals surface area contributed by atoms with E-state index < -0.39 is 0 Å². The van der Waals surface area contributed by atoms with Crippen LogP contribution in [0, 0.1) is 13.8 Å². The monoisotopic (exact) mass is 385 g/mol. The van der Waals surface area contributed by atoms with E-state index in [1.807, 2.05) is 67.6 Å². The molecule has 1 unspecified atom stereocenters. The van der Waals surface area contributed by atoms with Crippen LogP contribution >= 0.6 is 0 Å². The van der Waals surface area contributed by atoms with E-state index >= 15 is 0 Å². The van der Waals surface area contributed by atoms with Crippen molar-refractivity contribution in [2.75, 3.05) is 7.11 Å². The zero-order valence-electron chi connectivity index (χ0n) is 17.4. The number of benzene rings is 3. The van der Waals surface area contributed by atoms with Gasteiger partial charge in [0, 0.05) is 5.57 Å². The molecule has 0 heterocycles. The van der Waals surface area contributed by atoms with Crippen molar-refractivity contribution < 1.29 is 9.53 Å². The molecule has 3 nitrogen and oxygen atoms in total. The van der Waals surface area contributed by atoms with Crippen molar-refractivity contribution >= 4 is 17.6 Å². The minimum Gasteiger partial charge on any atom is -0.497 e. The van der Waals surface area contributed by atoms with Gasteiger partial charge < -0.3 is 10.1 Å². The molecule has 0 radical (unpaired) electrons. The highest BCUT2D eigenvalue weighted by molar-refractivity contribution is 6.24. The minimum absolute atomic E-state index is 0.0916. The molecule has 0 saturated carbocycles. The van der Waals surface area contributed by atoms with Crippen molar-refractivity contribution in [3.05, 3.63) is 101 Å². The van der Waals surface area contributed by atoms with Gasteiger partial charge in [0.1, 0.15) is 5.75 Å². The Labute approximate surface area is 173 Å². The Hall–Kier alpha value is -3.33. The second-order valence-electron chi connectivity index (χ2n) is 7.25. The Balaban J connectivity index is 1.91. The third kappa shape index (κ3) is 5.14. The molecule has 3 aromatic carbocycles. The predicted molar refractivity (Wildman–Crippen MR) is 120 cm³/mol. The summed E-state index contributed by atoms with van der Waals surface area (Å²) < 4.78 is 5.23. The Kier molecular flexibility index (Phi) is 6.50. The van der Waals surface area contributed by atoms with Gasteiger partial charge in [0.25, 0.3) is 5.91 Å². The van der Waals surface area contributed by atoms with Crippen LogP contribution in [0.5, 0.6) is 5.75 Å². The molecule has 1 amide bonds. The summed E-state index contributed by atoms with van der Waals surface area (Å²) >= 11 is 0. The molecule has 0 aliphatic heterocycles. The van der Waals surface area contributed by atoms with Crippen LogP contribution in [-0.4, -0.2) is 13.0 Å². The lowest BCUT2D eigenvalue weighted by atomic mass is 9.98. The highest BCUT2D eigenvalue weighted by Gasteiger charge is 2.17. The van der Waals surface area contributed by atoms with E-state index in [1.165, 1.54) is 11.1 Å². The number of ether oxygens (including phenoxy) is 1. The van der Waals surface area contributed by atoms with Crippen LogP contribution < -0.4 is 10.1 Å². The Bertz CT molecular complexity index is 1000. The maximum atomic E-state index is 13.2. The van der Waals surface area contributed by atoms with Gasteiger partial charge in [0.05, 0.1) is 13.2 Å². The largest absolute Gasteiger partial charge is 0.497 e. The van der Waals surface area contributed by atoms with E-state index in [0.29, 0.717) is 5.57 Å². The molecule has 0 aliphatic carbocycles. The molecule has 0 spiro atoms. The number of hydrogen-bond donors (Lipinski definition) is 1. The standard InChI is InChI=1S/C26H27NO2/c1-18-10-15-24(19(2)16-18)20(3)27-26(28)25(22-8-6-5-7-9-22)17-21-11-13-23(29-4)14-12-21/h5-17,20H,1-4H3,(H,27,28)/b25-17+. The average Bonchev–Trinajstić information content (AvgIpc) is 2.72. The summed E-state index contributed by atoms with van der Waals surface area (Å²) in [7, 11) is 1.64. The van der Waals surface area contributed by atoms with Crippen LogP contribution in [0.2, 0.25) is 0 Å². The number of aryl methyl sites for hydroxylation is 2. The number of hydrogen-bond acceptors (Lipinski definition) is 2. The molecule has 0 aliphatic rings. The second-order valence-corrected chi connectivity index (χ2v) is 7.25. The maximum absolute atomic E-state index is 13.2. The quantitative estimate of drug-likeness (QED) is 0.435. The lowest BCUT2D eigenvalue weighted by Gasteiger charge is -2.18. The molecule has 3 heteroatoms. The third-order valence-corrected chi connectivity index (χ3v) is 5.00. The zero-order valence-corrected chi connectivity index (χ0v) is 17.4. The fraction of sp³-hybridized carbons (Fsp3) is 0.192. The van der Waals surface area contributed by atoms with Crippen molar-refractivity contribution in [2.45, 2.75) is 26.8 Å². The second kappa shape index (κ2) is 9.24. The van der Waals surface area contributed by atoms with Gasteiger partial charge in [0.15, 0.2) is 0 Å². The lowest BCUT2D eigenvalue weighted by molar-refractivity contribution is -0.116. The van der Waals surface area contributed by atoms with E-state index in [2.05, 4.69) is 37.4 Å². The van der Waals surface area contributed by atoms with Crippen LogP contribution in [0.15, 0.2) is 72.8 Å². The molecule has 0 saturated heterocycles. The highest BCUT2D eigenvalue weighted by Crippen LogP contribution is 2.23. The fourth-order valence-electron chi connectivity index (χ4n) is 3.43. The molecule has 3 aromatic rings. The average molecular weight is 386 g/mol. The Morgan fingerprint density at radius 1 is 0.966 bits per heavy atom. The number of carbonyl (C=O) groups excluding carboxylic acids is 1. The first kappa shape index (κ1) is 20.4. The summed E-state index contributed by atoms with van der Waals surface area (Å²) in [6, 6.07) is 23.6. The lowest BCUT2D eigenvalue weighted by Crippen LogP contribution is -2.28. The van der Waals surface area contributed by atoms with E-state index in [0.717, 1.165) is 22.4 Å². The summed E-state index contributed by atoms with van der Waals surface area (Å²) in [6.07, 6.45) is 1.92. The van der Waals surface area contributed by atoms with Gasteiger partial charge in [0.2, 0.25) is 0 Å². The summed E-state index contributed by atoms with van der Waals surface area (Å²) in [4.78, 5) is 13.2. The van der Waals surface area contributed by atoms with E-state index in [4.69, 9.17) is 4.74 Å². The van der Waals surface area contributed by atoms with Crippen molar-refractivity contribution in [3.8, 4) is 5.75 Å². The molecule has 1 atom stereocenters. The molecule has 148 valence electrons. The minimum atomic E-state index is -0.0977. The van der Waals surface area contributed by atoms with Crippen LogP contribution in [0.3, 0.4) is 0 Å². The molecule has 0 aromatic heterocycles. The molecular weight excluding hydrogens is 358 g/mol. The van der Waals surface area contributed by atoms with E-state index in [1.54, 1.807) is 7.11 Å². The first-order valence-electron chi connectivity index (χ1n) is 9.77. The number of methoxy groups -OCH3 is 1. The number of rotatable bonds is 6. The third-order valence-electron chi connectivity index (χ3n) is 5.00. The van der Waals surface area contributed by atoms with Crippen LogP contribution in [0.25, 0.3) is 11.6 Å². The first-order chi connectivity index (χ1) is 14.0. The van der Waals surface area contributed by atoms with Crippen LogP contribution in [-0.2, 0) is 4.79 Å². The zero-order chi connectivity index (χ0) is 20.8. The smallest absolute Gasteiger partial charge is 0.252 e. The van der Waals surface area contributed by atoms with Crippen molar-refractivity contribution in [3.63, 3.8) is 0 Å². The van der Waals surface area contributed by atoms with Crippen molar-refractivity contribution in [1.29, 1.82) is 0 Å². The van der Waals surface area contributed by atoms with Crippen molar-refractivity contribution in [2.24, 2.45) is 0 Å². The van der Waals surface area contributed by atoms with E-state index in [9.17, 15) is 4.79 Å². The summed E-state index contributed by atoms with van der Waals surface area (Å²) in [5, 5.41) is 3.17. The fourth-order valence-corrected chi connectivity index (χ4v) is 3.43. The van der Waals surface area contributed by atoms with Crippen molar-refractivity contribution in [1.82, 2.24) is 5.32 Å². The van der Waals surface area contributed by atoms with Crippen LogP contribution in [0.4, 0.5) is 0 Å². The topological polar surface area (TPSA) is 38.3 Å². The number of nitrogens with one attached hydrogen (secondary N) is 1. The van der Waals surface area contributed by atoms with Gasteiger partial charge in [-0.2, -0.15) is 0 Å². The maximum Gasteiger partial charge on any atom is 0.252 e. The predicted octanol–water partition coefficient (Wildman–Crippen LogP) is 5.73. The normalized spacial score (nSPS) is 12.3. The Morgan fingerprint density at radius 2 is 1.66 bits per heavy atom. The number of carbonyl (C=O) groups is 1. The molecule has 1 N–H and O–H groups in total. The summed E-state index contributed by atoms with van der Waals surface area (Å²) in [5.41, 5.74) is 5.98. The molecule has 0 bridgehead atoms. The van der Waals surface area contributed by atoms with Gasteiger partial charge in [-0.05, 0) is 61.2 Å². The molecule has 3 rings (SSSR count). The molecule has 0 fully saturated rings. The first-order valence-corrected chi connectivity index (χ1v) is 9.77. The van der Waals surface area contributed by atoms with Gasteiger partial charge in [-0.25, -0.2) is 0 Å². The Morgan fingerprint density at radius 3 is 2.28 bits per heavy atom. The van der Waals surface area contributed by atoms with Gasteiger partial charge in [-0.1, -0.05) is 66.2 Å². The highest BCUT2D eigenvalue weighted by atomic mass is 16.5. The van der Waals surface area contributed by atoms with E-state index in [-0.39, 0.29) is 11.9 Å². The number of amides is 1. The SMILES string of the molecule is COc1ccc(/C=C(/C(=O)NC(C)c2ccc(C)cc2C)c2ccccc2)cc1. The van der Waals surface area contributed by atoms with Gasteiger partial charge in [-0.3, -0.25) is 4.79 Å². The van der Waals surface area contributed by atoms with Gasteiger partial charge >= 0.3 is 0 Å². The molecule has 29 heavy (non-hydrogen) atoms. The summed E-state index contributed by atoms with van der Waals surface area (Å²) in [5.74, 6) is 0.691. The van der Waals surface area contributed by atoms with Gasteiger partial charge in [-0.15, -0.1) is 0 Å².